The maximum absolute atomic E-state index is 12.6. The van der Waals surface area contributed by atoms with Gasteiger partial charge in [-0.15, -0.1) is 11.3 Å². The van der Waals surface area contributed by atoms with Gasteiger partial charge < -0.3 is 9.80 Å². The number of anilines is 1. The molecule has 3 rings (SSSR count). The highest BCUT2D eigenvalue weighted by molar-refractivity contribution is 7.09. The largest absolute Gasteiger partial charge is 0.363 e. The molecule has 3 heterocycles. The predicted octanol–water partition coefficient (Wildman–Crippen LogP) is 2.86. The molecule has 0 saturated carbocycles. The first-order chi connectivity index (χ1) is 11.5. The Labute approximate surface area is 147 Å². The standard InChI is InChI=1S/C18H24N4OS/c1-13-20-16(12-24-13)10-18(23)22-8-4-5-15(11-22)14-6-7-19-17(9-14)21(2)3/h6-7,9,12,15H,4-5,8,10-11H2,1-3H3. The van der Waals surface area contributed by atoms with Gasteiger partial charge in [0.15, 0.2) is 0 Å². The van der Waals surface area contributed by atoms with Crippen LogP contribution in [0.5, 0.6) is 0 Å². The maximum Gasteiger partial charge on any atom is 0.228 e. The van der Waals surface area contributed by atoms with E-state index in [2.05, 4.69) is 22.1 Å². The number of aryl methyl sites for hydroxylation is 1. The fourth-order valence-corrected chi connectivity index (χ4v) is 3.78. The zero-order chi connectivity index (χ0) is 17.1. The van der Waals surface area contributed by atoms with Gasteiger partial charge in [0.05, 0.1) is 17.1 Å². The van der Waals surface area contributed by atoms with Crippen molar-refractivity contribution >= 4 is 23.1 Å². The van der Waals surface area contributed by atoms with Crippen LogP contribution in [0.15, 0.2) is 23.7 Å². The van der Waals surface area contributed by atoms with Gasteiger partial charge in [-0.3, -0.25) is 4.79 Å². The van der Waals surface area contributed by atoms with E-state index in [1.54, 1.807) is 11.3 Å². The molecule has 5 nitrogen and oxygen atoms in total. The number of likely N-dealkylation sites (tertiary alicyclic amines) is 1. The number of amides is 1. The normalized spacial score (nSPS) is 17.8. The van der Waals surface area contributed by atoms with E-state index in [9.17, 15) is 4.79 Å². The van der Waals surface area contributed by atoms with Gasteiger partial charge in [-0.1, -0.05) is 0 Å². The molecule has 0 N–H and O–H groups in total. The Morgan fingerprint density at radius 2 is 2.29 bits per heavy atom. The second kappa shape index (κ2) is 7.30. The van der Waals surface area contributed by atoms with E-state index in [4.69, 9.17) is 0 Å². The van der Waals surface area contributed by atoms with Crippen LogP contribution in [0.1, 0.15) is 35.0 Å². The molecule has 0 spiro atoms. The van der Waals surface area contributed by atoms with E-state index < -0.39 is 0 Å². The maximum atomic E-state index is 12.6. The molecule has 6 heteroatoms. The van der Waals surface area contributed by atoms with Gasteiger partial charge in [-0.2, -0.15) is 0 Å². The molecule has 0 radical (unpaired) electrons. The third-order valence-electron chi connectivity index (χ3n) is 4.47. The molecule has 1 fully saturated rings. The van der Waals surface area contributed by atoms with Gasteiger partial charge in [0.25, 0.3) is 0 Å². The number of hydrogen-bond acceptors (Lipinski definition) is 5. The summed E-state index contributed by atoms with van der Waals surface area (Å²) in [5.74, 6) is 1.54. The summed E-state index contributed by atoms with van der Waals surface area (Å²) >= 11 is 1.60. The number of carbonyl (C=O) groups is 1. The first-order valence-corrected chi connectivity index (χ1v) is 9.23. The summed E-state index contributed by atoms with van der Waals surface area (Å²) in [5, 5.41) is 3.00. The molecule has 0 bridgehead atoms. The highest BCUT2D eigenvalue weighted by Crippen LogP contribution is 2.28. The minimum Gasteiger partial charge on any atom is -0.363 e. The minimum atomic E-state index is 0.187. The van der Waals surface area contributed by atoms with Crippen molar-refractivity contribution in [3.05, 3.63) is 40.0 Å². The van der Waals surface area contributed by atoms with E-state index in [0.717, 1.165) is 42.5 Å². The lowest BCUT2D eigenvalue weighted by molar-refractivity contribution is -0.131. The summed E-state index contributed by atoms with van der Waals surface area (Å²) in [5.41, 5.74) is 2.17. The van der Waals surface area contributed by atoms with Crippen LogP contribution in [0.3, 0.4) is 0 Å². The Hall–Kier alpha value is -1.95. The third-order valence-corrected chi connectivity index (χ3v) is 5.29. The molecule has 1 atom stereocenters. The van der Waals surface area contributed by atoms with Crippen molar-refractivity contribution in [2.75, 3.05) is 32.1 Å². The number of hydrogen-bond donors (Lipinski definition) is 0. The number of rotatable bonds is 4. The lowest BCUT2D eigenvalue weighted by Crippen LogP contribution is -2.40. The summed E-state index contributed by atoms with van der Waals surface area (Å²) in [6.07, 6.45) is 4.45. The highest BCUT2D eigenvalue weighted by atomic mass is 32.1. The van der Waals surface area contributed by atoms with E-state index in [-0.39, 0.29) is 5.91 Å². The van der Waals surface area contributed by atoms with Crippen LogP contribution in [-0.4, -0.2) is 48.0 Å². The van der Waals surface area contributed by atoms with Gasteiger partial charge in [-0.05, 0) is 37.5 Å². The molecule has 128 valence electrons. The number of carbonyl (C=O) groups excluding carboxylic acids is 1. The van der Waals surface area contributed by atoms with Crippen molar-refractivity contribution in [1.29, 1.82) is 0 Å². The van der Waals surface area contributed by atoms with Crippen LogP contribution in [0.4, 0.5) is 5.82 Å². The number of piperidine rings is 1. The van der Waals surface area contributed by atoms with Gasteiger partial charge in [0, 0.05) is 44.7 Å². The molecular weight excluding hydrogens is 320 g/mol. The van der Waals surface area contributed by atoms with Gasteiger partial charge in [0.1, 0.15) is 5.82 Å². The second-order valence-electron chi connectivity index (χ2n) is 6.56. The van der Waals surface area contributed by atoms with Crippen LogP contribution in [-0.2, 0) is 11.2 Å². The van der Waals surface area contributed by atoms with Gasteiger partial charge >= 0.3 is 0 Å². The van der Waals surface area contributed by atoms with Gasteiger partial charge in [-0.25, -0.2) is 9.97 Å². The predicted molar refractivity (Wildman–Crippen MR) is 97.7 cm³/mol. The van der Waals surface area contributed by atoms with Crippen LogP contribution in [0.2, 0.25) is 0 Å². The molecule has 0 aliphatic carbocycles. The summed E-state index contributed by atoms with van der Waals surface area (Å²) in [6.45, 7) is 3.62. The Balaban J connectivity index is 1.67. The van der Waals surface area contributed by atoms with Crippen molar-refractivity contribution in [3.63, 3.8) is 0 Å². The summed E-state index contributed by atoms with van der Waals surface area (Å²) in [4.78, 5) is 25.4. The minimum absolute atomic E-state index is 0.187. The van der Waals surface area contributed by atoms with E-state index in [1.165, 1.54) is 5.56 Å². The molecular formula is C18H24N4OS. The smallest absolute Gasteiger partial charge is 0.228 e. The Morgan fingerprint density at radius 1 is 1.46 bits per heavy atom. The zero-order valence-electron chi connectivity index (χ0n) is 14.5. The van der Waals surface area contributed by atoms with Crippen LogP contribution in [0, 0.1) is 6.92 Å². The molecule has 1 aliphatic heterocycles. The Bertz CT molecular complexity index is 713. The quantitative estimate of drug-likeness (QED) is 0.856. The second-order valence-corrected chi connectivity index (χ2v) is 7.62. The van der Waals surface area contributed by atoms with Crippen LogP contribution < -0.4 is 4.90 Å². The summed E-state index contributed by atoms with van der Waals surface area (Å²) < 4.78 is 0. The van der Waals surface area contributed by atoms with Crippen LogP contribution in [0.25, 0.3) is 0 Å². The number of aromatic nitrogens is 2. The first-order valence-electron chi connectivity index (χ1n) is 8.35. The van der Waals surface area contributed by atoms with E-state index >= 15 is 0 Å². The lowest BCUT2D eigenvalue weighted by atomic mass is 9.91. The number of nitrogens with zero attached hydrogens (tertiary/aromatic N) is 4. The zero-order valence-corrected chi connectivity index (χ0v) is 15.3. The first kappa shape index (κ1) is 16.9. The van der Waals surface area contributed by atoms with Crippen molar-refractivity contribution < 1.29 is 4.79 Å². The average Bonchev–Trinajstić information content (AvgIpc) is 3.00. The SMILES string of the molecule is Cc1nc(CC(=O)N2CCCC(c3ccnc(N(C)C)c3)C2)cs1. The topological polar surface area (TPSA) is 49.3 Å². The third kappa shape index (κ3) is 3.93. The molecule has 2 aromatic heterocycles. The number of pyridine rings is 1. The Morgan fingerprint density at radius 3 is 3.00 bits per heavy atom. The number of thiazole rings is 1. The molecule has 1 unspecified atom stereocenters. The molecule has 1 amide bonds. The molecule has 2 aromatic rings. The fraction of sp³-hybridized carbons (Fsp3) is 0.500. The van der Waals surface area contributed by atoms with Crippen molar-refractivity contribution in [2.45, 2.75) is 32.1 Å². The van der Waals surface area contributed by atoms with Crippen molar-refractivity contribution in [2.24, 2.45) is 0 Å². The summed E-state index contributed by atoms with van der Waals surface area (Å²) in [7, 11) is 4.00. The average molecular weight is 344 g/mol. The Kier molecular flexibility index (Phi) is 5.14. The van der Waals surface area contributed by atoms with E-state index in [1.807, 2.05) is 42.4 Å². The lowest BCUT2D eigenvalue weighted by Gasteiger charge is -2.33. The molecule has 1 saturated heterocycles. The van der Waals surface area contributed by atoms with Gasteiger partial charge in [0.2, 0.25) is 5.91 Å². The summed E-state index contributed by atoms with van der Waals surface area (Å²) in [6, 6.07) is 4.22. The molecule has 24 heavy (non-hydrogen) atoms. The molecule has 1 aliphatic rings. The van der Waals surface area contributed by atoms with E-state index in [0.29, 0.717) is 12.3 Å². The van der Waals surface area contributed by atoms with Crippen molar-refractivity contribution in [1.82, 2.24) is 14.9 Å². The highest BCUT2D eigenvalue weighted by Gasteiger charge is 2.25. The molecule has 0 aromatic carbocycles. The monoisotopic (exact) mass is 344 g/mol. The fourth-order valence-electron chi connectivity index (χ4n) is 3.16. The van der Waals surface area contributed by atoms with Crippen molar-refractivity contribution in [3.8, 4) is 0 Å². The van der Waals surface area contributed by atoms with Crippen LogP contribution >= 0.6 is 11.3 Å².